The molecule has 9 aromatic rings. The zero-order chi connectivity index (χ0) is 33.8. The Morgan fingerprint density at radius 1 is 0.400 bits per heavy atom. The molecule has 5 heteroatoms. The fourth-order valence-corrected chi connectivity index (χ4v) is 7.44. The molecular formula is C45H25N5. The number of hydrogen-bond acceptors (Lipinski definition) is 3. The van der Waals surface area contributed by atoms with Crippen molar-refractivity contribution >= 4 is 43.6 Å². The van der Waals surface area contributed by atoms with Crippen molar-refractivity contribution in [2.45, 2.75) is 0 Å². The molecule has 230 valence electrons. The molecule has 0 fully saturated rings. The molecule has 0 spiro atoms. The first kappa shape index (κ1) is 28.8. The van der Waals surface area contributed by atoms with E-state index in [0.29, 0.717) is 16.7 Å². The Morgan fingerprint density at radius 2 is 1.02 bits per heavy atom. The first-order valence-electron chi connectivity index (χ1n) is 16.3. The number of nitriles is 3. The number of hydrogen-bond donors (Lipinski definition) is 0. The molecule has 0 saturated heterocycles. The van der Waals surface area contributed by atoms with Gasteiger partial charge in [0.15, 0.2) is 0 Å². The van der Waals surface area contributed by atoms with Gasteiger partial charge in [0.25, 0.3) is 0 Å². The Labute approximate surface area is 287 Å². The van der Waals surface area contributed by atoms with Crippen LogP contribution < -0.4 is 0 Å². The Morgan fingerprint density at radius 3 is 1.82 bits per heavy atom. The second-order valence-electron chi connectivity index (χ2n) is 12.3. The molecule has 0 atom stereocenters. The van der Waals surface area contributed by atoms with E-state index >= 15 is 0 Å². The summed E-state index contributed by atoms with van der Waals surface area (Å²) in [6.07, 6.45) is 0. The molecule has 9 rings (SSSR count). The Hall–Kier alpha value is -7.39. The average Bonchev–Trinajstić information content (AvgIpc) is 3.70. The second-order valence-corrected chi connectivity index (χ2v) is 12.3. The van der Waals surface area contributed by atoms with Gasteiger partial charge in [-0.15, -0.1) is 0 Å². The molecule has 50 heavy (non-hydrogen) atoms. The van der Waals surface area contributed by atoms with E-state index in [1.807, 2.05) is 66.7 Å². The van der Waals surface area contributed by atoms with Crippen LogP contribution in [0.4, 0.5) is 0 Å². The van der Waals surface area contributed by atoms with Crippen molar-refractivity contribution in [2.75, 3.05) is 0 Å². The van der Waals surface area contributed by atoms with Crippen LogP contribution in [0.25, 0.3) is 77.2 Å². The highest BCUT2D eigenvalue weighted by atomic mass is 15.0. The molecule has 0 amide bonds. The largest absolute Gasteiger partial charge is 0.309 e. The Balaban J connectivity index is 1.32. The van der Waals surface area contributed by atoms with E-state index in [2.05, 4.69) is 112 Å². The second kappa shape index (κ2) is 11.4. The quantitative estimate of drug-likeness (QED) is 0.193. The van der Waals surface area contributed by atoms with Crippen molar-refractivity contribution < 1.29 is 0 Å². The lowest BCUT2D eigenvalue weighted by atomic mass is 9.92. The minimum absolute atomic E-state index is 0.579. The van der Waals surface area contributed by atoms with Gasteiger partial charge in [-0.1, -0.05) is 78.9 Å². The van der Waals surface area contributed by atoms with Gasteiger partial charge in [-0.05, 0) is 89.5 Å². The summed E-state index contributed by atoms with van der Waals surface area (Å²) in [5.41, 5.74) is 12.0. The molecule has 0 aliphatic heterocycles. The molecule has 0 bridgehead atoms. The minimum atomic E-state index is 0.579. The number of fused-ring (bicyclic) bond motifs is 6. The van der Waals surface area contributed by atoms with Crippen LogP contribution in [-0.2, 0) is 0 Å². The van der Waals surface area contributed by atoms with Crippen molar-refractivity contribution in [3.05, 3.63) is 168 Å². The van der Waals surface area contributed by atoms with Crippen LogP contribution >= 0.6 is 0 Å². The predicted octanol–water partition coefficient (Wildman–Crippen LogP) is 10.8. The number of nitrogens with zero attached hydrogens (tertiary/aromatic N) is 5. The normalized spacial score (nSPS) is 11.1. The van der Waals surface area contributed by atoms with E-state index in [1.54, 1.807) is 0 Å². The van der Waals surface area contributed by atoms with E-state index in [-0.39, 0.29) is 0 Å². The highest BCUT2D eigenvalue weighted by molar-refractivity contribution is 6.15. The minimum Gasteiger partial charge on any atom is -0.309 e. The van der Waals surface area contributed by atoms with Crippen LogP contribution in [0.5, 0.6) is 0 Å². The van der Waals surface area contributed by atoms with Crippen LogP contribution in [-0.4, -0.2) is 9.13 Å². The number of para-hydroxylation sites is 3. The summed E-state index contributed by atoms with van der Waals surface area (Å²) in [6.45, 7) is 0. The van der Waals surface area contributed by atoms with Crippen molar-refractivity contribution in [1.82, 2.24) is 9.13 Å². The zero-order valence-corrected chi connectivity index (χ0v) is 26.7. The highest BCUT2D eigenvalue weighted by Crippen LogP contribution is 2.43. The third kappa shape index (κ3) is 4.31. The van der Waals surface area contributed by atoms with Gasteiger partial charge in [0.1, 0.15) is 6.07 Å². The lowest BCUT2D eigenvalue weighted by Gasteiger charge is -2.15. The van der Waals surface area contributed by atoms with E-state index < -0.39 is 0 Å². The molecule has 0 aliphatic carbocycles. The number of benzene rings is 7. The maximum Gasteiger partial charge on any atom is 0.101 e. The molecule has 2 aromatic heterocycles. The van der Waals surface area contributed by atoms with E-state index in [0.717, 1.165) is 77.2 Å². The Bertz CT molecular complexity index is 2960. The molecular weight excluding hydrogens is 611 g/mol. The lowest BCUT2D eigenvalue weighted by Crippen LogP contribution is -1.97. The molecule has 5 nitrogen and oxygen atoms in total. The summed E-state index contributed by atoms with van der Waals surface area (Å²) in [5.74, 6) is 0. The monoisotopic (exact) mass is 635 g/mol. The number of aromatic nitrogens is 2. The predicted molar refractivity (Wildman–Crippen MR) is 200 cm³/mol. The molecule has 0 unspecified atom stereocenters. The molecule has 0 saturated carbocycles. The van der Waals surface area contributed by atoms with Crippen molar-refractivity contribution in [2.24, 2.45) is 0 Å². The molecule has 0 aliphatic rings. The van der Waals surface area contributed by atoms with Crippen LogP contribution in [0.1, 0.15) is 16.7 Å². The molecule has 7 aromatic carbocycles. The summed E-state index contributed by atoms with van der Waals surface area (Å²) in [6, 6.07) is 57.9. The summed E-state index contributed by atoms with van der Waals surface area (Å²) in [4.78, 5) is 0. The summed E-state index contributed by atoms with van der Waals surface area (Å²) in [5, 5.41) is 33.6. The van der Waals surface area contributed by atoms with Crippen LogP contribution in [0, 0.1) is 34.0 Å². The van der Waals surface area contributed by atoms with E-state index in [1.165, 1.54) is 0 Å². The fraction of sp³-hybridized carbons (Fsp3) is 0. The Kier molecular flexibility index (Phi) is 6.56. The van der Waals surface area contributed by atoms with Crippen molar-refractivity contribution in [3.63, 3.8) is 0 Å². The topological polar surface area (TPSA) is 81.2 Å². The zero-order valence-electron chi connectivity index (χ0n) is 26.7. The third-order valence-corrected chi connectivity index (χ3v) is 9.64. The van der Waals surface area contributed by atoms with Crippen LogP contribution in [0.2, 0.25) is 0 Å². The standard InChI is InChI=1S/C45H25N5/c46-26-29-16-20-33(21-17-29)49-42-15-6-4-11-36(42)38-13-7-12-37(45(38)49)35-10-3-2-9-34(35)31-19-23-44-40(25-31)39-24-30(27-47)18-22-43(39)50(44)41-14-5-1-8-32(41)28-48/h1-25H. The molecule has 0 N–H and O–H groups in total. The van der Waals surface area contributed by atoms with Gasteiger partial charge in [-0.2, -0.15) is 15.8 Å². The average molecular weight is 636 g/mol. The van der Waals surface area contributed by atoms with Gasteiger partial charge in [0.2, 0.25) is 0 Å². The highest BCUT2D eigenvalue weighted by Gasteiger charge is 2.20. The van der Waals surface area contributed by atoms with Gasteiger partial charge in [0, 0.05) is 32.8 Å². The first-order chi connectivity index (χ1) is 24.7. The lowest BCUT2D eigenvalue weighted by molar-refractivity contribution is 1.17. The summed E-state index contributed by atoms with van der Waals surface area (Å²) >= 11 is 0. The van der Waals surface area contributed by atoms with Crippen molar-refractivity contribution in [1.29, 1.82) is 15.8 Å². The van der Waals surface area contributed by atoms with Gasteiger partial charge >= 0.3 is 0 Å². The van der Waals surface area contributed by atoms with Gasteiger partial charge < -0.3 is 9.13 Å². The van der Waals surface area contributed by atoms with Gasteiger partial charge in [-0.25, -0.2) is 0 Å². The van der Waals surface area contributed by atoms with Crippen LogP contribution in [0.15, 0.2) is 152 Å². The van der Waals surface area contributed by atoms with E-state index in [9.17, 15) is 15.8 Å². The van der Waals surface area contributed by atoms with Crippen molar-refractivity contribution in [3.8, 4) is 51.8 Å². The maximum absolute atomic E-state index is 9.99. The van der Waals surface area contributed by atoms with E-state index in [4.69, 9.17) is 0 Å². The third-order valence-electron chi connectivity index (χ3n) is 9.64. The summed E-state index contributed by atoms with van der Waals surface area (Å²) < 4.78 is 4.42. The van der Waals surface area contributed by atoms with Crippen LogP contribution in [0.3, 0.4) is 0 Å². The fourth-order valence-electron chi connectivity index (χ4n) is 7.44. The van der Waals surface area contributed by atoms with Gasteiger partial charge in [0.05, 0.1) is 56.6 Å². The SMILES string of the molecule is N#Cc1ccc(-n2c3ccccc3c3cccc(-c4ccccc4-c4ccc5c(c4)c4cc(C#N)ccc4n5-c4ccccc4C#N)c32)cc1. The van der Waals surface area contributed by atoms with Gasteiger partial charge in [-0.3, -0.25) is 0 Å². The maximum atomic E-state index is 9.99. The molecule has 2 heterocycles. The number of rotatable bonds is 4. The molecule has 0 radical (unpaired) electrons. The first-order valence-corrected chi connectivity index (χ1v) is 16.3. The summed E-state index contributed by atoms with van der Waals surface area (Å²) in [7, 11) is 0. The smallest absolute Gasteiger partial charge is 0.101 e.